The molecule has 0 aromatic carbocycles. The molecule has 0 radical (unpaired) electrons. The van der Waals surface area contributed by atoms with E-state index in [9.17, 15) is 13.6 Å². The lowest BCUT2D eigenvalue weighted by atomic mass is 9.96. The summed E-state index contributed by atoms with van der Waals surface area (Å²) in [4.78, 5) is 17.4. The van der Waals surface area contributed by atoms with Gasteiger partial charge in [0.25, 0.3) is 12.3 Å². The molecule has 2 N–H and O–H groups in total. The highest BCUT2D eigenvalue weighted by molar-refractivity contribution is 6.08. The molecule has 2 aliphatic carbocycles. The predicted octanol–water partition coefficient (Wildman–Crippen LogP) is 4.44. The molecule has 0 atom stereocenters. The molecule has 5 rings (SSSR count). The summed E-state index contributed by atoms with van der Waals surface area (Å²) in [6.45, 7) is 0.844. The van der Waals surface area contributed by atoms with Crippen LogP contribution in [0.15, 0.2) is 24.7 Å². The molecule has 8 nitrogen and oxygen atoms in total. The summed E-state index contributed by atoms with van der Waals surface area (Å²) < 4.78 is 30.3. The Kier molecular flexibility index (Phi) is 5.29. The Balaban J connectivity index is 1.38. The summed E-state index contributed by atoms with van der Waals surface area (Å²) in [6.07, 6.45) is 9.39. The summed E-state index contributed by atoms with van der Waals surface area (Å²) in [5.74, 6) is 0.804. The van der Waals surface area contributed by atoms with Crippen LogP contribution in [0.2, 0.25) is 0 Å². The number of amides is 1. The van der Waals surface area contributed by atoms with Gasteiger partial charge in [-0.2, -0.15) is 10.2 Å². The van der Waals surface area contributed by atoms with Gasteiger partial charge in [0, 0.05) is 18.9 Å². The third kappa shape index (κ3) is 4.24. The minimum Gasteiger partial charge on any atom is -0.370 e. The van der Waals surface area contributed by atoms with Crippen molar-refractivity contribution >= 4 is 23.1 Å². The van der Waals surface area contributed by atoms with Crippen molar-refractivity contribution in [3.63, 3.8) is 0 Å². The molecular weight excluding hydrogens is 404 g/mol. The van der Waals surface area contributed by atoms with Crippen LogP contribution in [-0.2, 0) is 0 Å². The van der Waals surface area contributed by atoms with Crippen LogP contribution in [0.5, 0.6) is 0 Å². The van der Waals surface area contributed by atoms with E-state index in [1.807, 2.05) is 0 Å². The normalized spacial score (nSPS) is 17.4. The molecule has 3 aromatic rings. The van der Waals surface area contributed by atoms with Crippen molar-refractivity contribution in [3.05, 3.63) is 35.9 Å². The number of hydrogen-bond donors (Lipinski definition) is 2. The maximum atomic E-state index is 13.6. The SMILES string of the molecule is O=C(Nc1cn(C2CCCCC2)nc1C(F)F)c1cnn2ccc(NCC3CC3)nc12. The Morgan fingerprint density at radius 3 is 2.74 bits per heavy atom. The van der Waals surface area contributed by atoms with E-state index in [2.05, 4.69) is 25.8 Å². The van der Waals surface area contributed by atoms with Crippen LogP contribution in [0.4, 0.5) is 20.3 Å². The van der Waals surface area contributed by atoms with Gasteiger partial charge in [0.05, 0.1) is 17.9 Å². The lowest BCUT2D eigenvalue weighted by Gasteiger charge is -2.21. The first-order chi connectivity index (χ1) is 15.1. The number of carbonyl (C=O) groups excluding carboxylic acids is 1. The number of rotatable bonds is 7. The molecule has 1 amide bonds. The molecule has 3 heterocycles. The highest BCUT2D eigenvalue weighted by atomic mass is 19.3. The second-order valence-electron chi connectivity index (χ2n) is 8.42. The number of anilines is 2. The standard InChI is InChI=1S/C21H25F2N7O/c22-19(23)18-16(12-30(28-18)14-4-2-1-3-5-14)26-21(31)15-11-25-29-9-8-17(27-20(15)29)24-10-13-6-7-13/h8-9,11-14,19H,1-7,10H2,(H,24,27)(H,26,31). The molecular formula is C21H25F2N7O. The van der Waals surface area contributed by atoms with Crippen molar-refractivity contribution in [2.24, 2.45) is 5.92 Å². The molecule has 10 heteroatoms. The van der Waals surface area contributed by atoms with Gasteiger partial charge in [-0.3, -0.25) is 9.48 Å². The molecule has 2 fully saturated rings. The first-order valence-corrected chi connectivity index (χ1v) is 10.9. The van der Waals surface area contributed by atoms with Crippen molar-refractivity contribution in [3.8, 4) is 0 Å². The summed E-state index contributed by atoms with van der Waals surface area (Å²) >= 11 is 0. The topological polar surface area (TPSA) is 89.1 Å². The summed E-state index contributed by atoms with van der Waals surface area (Å²) in [7, 11) is 0. The molecule has 164 valence electrons. The van der Waals surface area contributed by atoms with Gasteiger partial charge in [-0.15, -0.1) is 0 Å². The van der Waals surface area contributed by atoms with E-state index in [1.54, 1.807) is 16.9 Å². The zero-order chi connectivity index (χ0) is 21.4. The second kappa shape index (κ2) is 8.24. The number of carbonyl (C=O) groups is 1. The fourth-order valence-electron chi connectivity index (χ4n) is 4.08. The molecule has 3 aromatic heterocycles. The van der Waals surface area contributed by atoms with Gasteiger partial charge in [-0.05, 0) is 37.7 Å². The summed E-state index contributed by atoms with van der Waals surface area (Å²) in [5, 5.41) is 14.1. The van der Waals surface area contributed by atoms with Gasteiger partial charge in [-0.25, -0.2) is 18.3 Å². The van der Waals surface area contributed by atoms with E-state index >= 15 is 0 Å². The Morgan fingerprint density at radius 2 is 2.00 bits per heavy atom. The number of aromatic nitrogens is 5. The first kappa shape index (κ1) is 19.9. The number of hydrogen-bond acceptors (Lipinski definition) is 5. The lowest BCUT2D eigenvalue weighted by molar-refractivity contribution is 0.102. The van der Waals surface area contributed by atoms with Crippen LogP contribution in [-0.4, -0.2) is 36.8 Å². The smallest absolute Gasteiger partial charge is 0.284 e. The maximum absolute atomic E-state index is 13.6. The minimum atomic E-state index is -2.78. The first-order valence-electron chi connectivity index (χ1n) is 10.9. The van der Waals surface area contributed by atoms with Crippen LogP contribution in [0.25, 0.3) is 5.65 Å². The quantitative estimate of drug-likeness (QED) is 0.580. The molecule has 31 heavy (non-hydrogen) atoms. The van der Waals surface area contributed by atoms with Crippen molar-refractivity contribution in [2.45, 2.75) is 57.4 Å². The third-order valence-electron chi connectivity index (χ3n) is 6.05. The summed E-state index contributed by atoms with van der Waals surface area (Å²) in [6, 6.07) is 1.89. The highest BCUT2D eigenvalue weighted by Gasteiger charge is 2.25. The fraction of sp³-hybridized carbons (Fsp3) is 0.524. The van der Waals surface area contributed by atoms with E-state index in [1.165, 1.54) is 29.8 Å². The predicted molar refractivity (Wildman–Crippen MR) is 111 cm³/mol. The Hall–Kier alpha value is -3.04. The van der Waals surface area contributed by atoms with Gasteiger partial charge in [0.2, 0.25) is 0 Å². The zero-order valence-corrected chi connectivity index (χ0v) is 17.1. The van der Waals surface area contributed by atoms with Crippen molar-refractivity contribution in [1.29, 1.82) is 0 Å². The largest absolute Gasteiger partial charge is 0.370 e. The van der Waals surface area contributed by atoms with Crippen molar-refractivity contribution in [2.75, 3.05) is 17.2 Å². The molecule has 0 unspecified atom stereocenters. The fourth-order valence-corrected chi connectivity index (χ4v) is 4.08. The molecule has 2 saturated carbocycles. The van der Waals surface area contributed by atoms with Crippen molar-refractivity contribution in [1.82, 2.24) is 24.4 Å². The third-order valence-corrected chi connectivity index (χ3v) is 6.05. The number of fused-ring (bicyclic) bond motifs is 1. The molecule has 2 aliphatic rings. The van der Waals surface area contributed by atoms with Gasteiger partial charge < -0.3 is 10.6 Å². The van der Waals surface area contributed by atoms with Gasteiger partial charge in [0.15, 0.2) is 11.3 Å². The summed E-state index contributed by atoms with van der Waals surface area (Å²) in [5.41, 5.74) is 0.223. The molecule has 0 bridgehead atoms. The zero-order valence-electron chi connectivity index (χ0n) is 17.1. The van der Waals surface area contributed by atoms with E-state index in [0.717, 1.165) is 38.6 Å². The van der Waals surface area contributed by atoms with Crippen LogP contribution in [0, 0.1) is 5.92 Å². The monoisotopic (exact) mass is 429 g/mol. The van der Waals surface area contributed by atoms with Crippen molar-refractivity contribution < 1.29 is 13.6 Å². The minimum absolute atomic E-state index is 0.0351. The van der Waals surface area contributed by atoms with E-state index in [4.69, 9.17) is 0 Å². The van der Waals surface area contributed by atoms with Gasteiger partial charge in [-0.1, -0.05) is 19.3 Å². The molecule has 0 saturated heterocycles. The van der Waals surface area contributed by atoms with Crippen LogP contribution < -0.4 is 10.6 Å². The van der Waals surface area contributed by atoms with Crippen LogP contribution in [0.3, 0.4) is 0 Å². The Morgan fingerprint density at radius 1 is 1.19 bits per heavy atom. The number of halogens is 2. The van der Waals surface area contributed by atoms with Crippen LogP contribution in [0.1, 0.15) is 73.5 Å². The number of nitrogens with one attached hydrogen (secondary N) is 2. The van der Waals surface area contributed by atoms with Gasteiger partial charge >= 0.3 is 0 Å². The van der Waals surface area contributed by atoms with Crippen LogP contribution >= 0.6 is 0 Å². The Bertz CT molecular complexity index is 1080. The van der Waals surface area contributed by atoms with E-state index < -0.39 is 18.0 Å². The molecule has 0 aliphatic heterocycles. The number of nitrogens with zero attached hydrogens (tertiary/aromatic N) is 5. The highest BCUT2D eigenvalue weighted by Crippen LogP contribution is 2.33. The molecule has 0 spiro atoms. The number of alkyl halides is 2. The maximum Gasteiger partial charge on any atom is 0.284 e. The van der Waals surface area contributed by atoms with E-state index in [0.29, 0.717) is 17.4 Å². The second-order valence-corrected chi connectivity index (χ2v) is 8.42. The van der Waals surface area contributed by atoms with E-state index in [-0.39, 0.29) is 17.3 Å². The Labute approximate surface area is 178 Å². The average molecular weight is 429 g/mol. The van der Waals surface area contributed by atoms with Gasteiger partial charge in [0.1, 0.15) is 11.4 Å². The lowest BCUT2D eigenvalue weighted by Crippen LogP contribution is -2.14. The average Bonchev–Trinajstić information content (AvgIpc) is 3.36.